The summed E-state index contributed by atoms with van der Waals surface area (Å²) in [5.41, 5.74) is 7.33. The number of esters is 1. The SMILES string of the molecule is CCC(=O)Oc1cc(-c2ccc(C(=N)N)cc2)no1.Cl. The maximum absolute atomic E-state index is 11.1. The zero-order chi connectivity index (χ0) is 13.8. The van der Waals surface area contributed by atoms with E-state index in [0.717, 1.165) is 5.56 Å². The highest BCUT2D eigenvalue weighted by atomic mass is 35.5. The van der Waals surface area contributed by atoms with Gasteiger partial charge in [0.05, 0.1) is 6.07 Å². The maximum atomic E-state index is 11.1. The van der Waals surface area contributed by atoms with Gasteiger partial charge in [0.25, 0.3) is 0 Å². The molecule has 0 unspecified atom stereocenters. The molecular weight excluding hydrogens is 282 g/mol. The molecule has 0 aliphatic carbocycles. The number of hydrogen-bond acceptors (Lipinski definition) is 5. The van der Waals surface area contributed by atoms with Crippen LogP contribution < -0.4 is 10.5 Å². The zero-order valence-electron chi connectivity index (χ0n) is 10.8. The van der Waals surface area contributed by atoms with Crippen LogP contribution in [-0.4, -0.2) is 17.0 Å². The lowest BCUT2D eigenvalue weighted by Gasteiger charge is -1.99. The number of nitrogen functional groups attached to an aromatic ring is 1. The number of halogens is 1. The van der Waals surface area contributed by atoms with Gasteiger partial charge in [-0.2, -0.15) is 0 Å². The van der Waals surface area contributed by atoms with Crippen molar-refractivity contribution in [2.75, 3.05) is 0 Å². The largest absolute Gasteiger partial charge is 0.391 e. The zero-order valence-corrected chi connectivity index (χ0v) is 11.6. The molecule has 2 aromatic rings. The summed E-state index contributed by atoms with van der Waals surface area (Å²) in [4.78, 5) is 11.1. The second-order valence-electron chi connectivity index (χ2n) is 3.85. The van der Waals surface area contributed by atoms with E-state index in [1.165, 1.54) is 6.07 Å². The van der Waals surface area contributed by atoms with Gasteiger partial charge in [0.1, 0.15) is 11.5 Å². The van der Waals surface area contributed by atoms with Crippen molar-refractivity contribution in [1.82, 2.24) is 5.16 Å². The number of benzene rings is 1. The average Bonchev–Trinajstić information content (AvgIpc) is 2.87. The number of aromatic nitrogens is 1. The first-order valence-corrected chi connectivity index (χ1v) is 5.72. The molecule has 6 nitrogen and oxygen atoms in total. The van der Waals surface area contributed by atoms with E-state index in [1.807, 2.05) is 0 Å². The molecule has 1 aromatic carbocycles. The van der Waals surface area contributed by atoms with Gasteiger partial charge in [-0.1, -0.05) is 36.3 Å². The third-order valence-corrected chi connectivity index (χ3v) is 2.48. The van der Waals surface area contributed by atoms with Crippen LogP contribution in [0.2, 0.25) is 0 Å². The number of carbonyl (C=O) groups is 1. The van der Waals surface area contributed by atoms with Crippen molar-refractivity contribution >= 4 is 24.2 Å². The number of hydrogen-bond donors (Lipinski definition) is 2. The summed E-state index contributed by atoms with van der Waals surface area (Å²) < 4.78 is 9.81. The van der Waals surface area contributed by atoms with Gasteiger partial charge >= 0.3 is 11.9 Å². The molecule has 0 bridgehead atoms. The molecular formula is C13H14ClN3O3. The Labute approximate surface area is 121 Å². The third kappa shape index (κ3) is 3.58. The molecule has 0 radical (unpaired) electrons. The molecule has 0 aliphatic heterocycles. The van der Waals surface area contributed by atoms with E-state index >= 15 is 0 Å². The van der Waals surface area contributed by atoms with Gasteiger partial charge in [0.15, 0.2) is 0 Å². The quantitative estimate of drug-likeness (QED) is 0.512. The van der Waals surface area contributed by atoms with E-state index in [0.29, 0.717) is 11.3 Å². The highest BCUT2D eigenvalue weighted by molar-refractivity contribution is 5.95. The van der Waals surface area contributed by atoms with Crippen molar-refractivity contribution in [1.29, 1.82) is 5.41 Å². The minimum Gasteiger partial charge on any atom is -0.391 e. The van der Waals surface area contributed by atoms with Gasteiger partial charge in [-0.05, 0) is 0 Å². The molecule has 1 heterocycles. The first kappa shape index (κ1) is 15.7. The van der Waals surface area contributed by atoms with Gasteiger partial charge in [0.2, 0.25) is 0 Å². The van der Waals surface area contributed by atoms with Gasteiger partial charge in [0, 0.05) is 17.5 Å². The Hall–Kier alpha value is -2.34. The second-order valence-corrected chi connectivity index (χ2v) is 3.85. The van der Waals surface area contributed by atoms with Crippen LogP contribution in [-0.2, 0) is 4.79 Å². The molecule has 0 amide bonds. The molecule has 2 rings (SSSR count). The molecule has 0 atom stereocenters. The lowest BCUT2D eigenvalue weighted by atomic mass is 10.1. The number of rotatable bonds is 4. The highest BCUT2D eigenvalue weighted by Gasteiger charge is 2.10. The molecule has 0 saturated heterocycles. The minimum absolute atomic E-state index is 0. The smallest absolute Gasteiger partial charge is 0.319 e. The summed E-state index contributed by atoms with van der Waals surface area (Å²) in [6.07, 6.45) is 0.267. The Balaban J connectivity index is 0.00000200. The topological polar surface area (TPSA) is 102 Å². The van der Waals surface area contributed by atoms with Gasteiger partial charge in [-0.25, -0.2) is 0 Å². The summed E-state index contributed by atoms with van der Waals surface area (Å²) >= 11 is 0. The van der Waals surface area contributed by atoms with Crippen LogP contribution in [0.5, 0.6) is 5.95 Å². The summed E-state index contributed by atoms with van der Waals surface area (Å²) in [6.45, 7) is 1.69. The van der Waals surface area contributed by atoms with Crippen LogP contribution in [0.25, 0.3) is 11.3 Å². The lowest BCUT2D eigenvalue weighted by Crippen LogP contribution is -2.10. The van der Waals surface area contributed by atoms with Crippen LogP contribution in [0.1, 0.15) is 18.9 Å². The molecule has 0 spiro atoms. The van der Waals surface area contributed by atoms with Crippen molar-refractivity contribution in [2.45, 2.75) is 13.3 Å². The van der Waals surface area contributed by atoms with E-state index in [1.54, 1.807) is 31.2 Å². The Bertz CT molecular complexity index is 608. The predicted molar refractivity (Wildman–Crippen MR) is 76.1 cm³/mol. The summed E-state index contributed by atoms with van der Waals surface area (Å²) in [7, 11) is 0. The summed E-state index contributed by atoms with van der Waals surface area (Å²) in [5.74, 6) is -0.309. The summed E-state index contributed by atoms with van der Waals surface area (Å²) in [6, 6.07) is 8.49. The number of amidine groups is 1. The molecule has 0 fully saturated rings. The summed E-state index contributed by atoms with van der Waals surface area (Å²) in [5, 5.41) is 11.1. The Morgan fingerprint density at radius 1 is 1.40 bits per heavy atom. The van der Waals surface area contributed by atoms with Crippen LogP contribution in [0.3, 0.4) is 0 Å². The van der Waals surface area contributed by atoms with Crippen LogP contribution in [0, 0.1) is 5.41 Å². The standard InChI is InChI=1S/C13H13N3O3.ClH/c1-2-11(17)18-12-7-10(16-19-12)8-3-5-9(6-4-8)13(14)15;/h3-7H,2H2,1H3,(H3,14,15);1H. The fourth-order valence-electron chi connectivity index (χ4n) is 1.45. The van der Waals surface area contributed by atoms with E-state index in [2.05, 4.69) is 5.16 Å². The second kappa shape index (κ2) is 6.72. The van der Waals surface area contributed by atoms with Crippen molar-refractivity contribution in [3.05, 3.63) is 35.9 Å². The van der Waals surface area contributed by atoms with Gasteiger partial charge < -0.3 is 15.0 Å². The molecule has 1 aromatic heterocycles. The normalized spacial score (nSPS) is 9.65. The van der Waals surface area contributed by atoms with Crippen LogP contribution in [0.15, 0.2) is 34.9 Å². The monoisotopic (exact) mass is 295 g/mol. The van der Waals surface area contributed by atoms with Crippen LogP contribution >= 0.6 is 12.4 Å². The van der Waals surface area contributed by atoms with Crippen LogP contribution in [0.4, 0.5) is 0 Å². The van der Waals surface area contributed by atoms with Crippen molar-refractivity contribution < 1.29 is 14.1 Å². The van der Waals surface area contributed by atoms with E-state index in [-0.39, 0.29) is 36.6 Å². The Morgan fingerprint density at radius 3 is 2.60 bits per heavy atom. The van der Waals surface area contributed by atoms with Gasteiger partial charge in [-0.3, -0.25) is 10.2 Å². The molecule has 7 heteroatoms. The molecule has 0 saturated carbocycles. The van der Waals surface area contributed by atoms with E-state index in [4.69, 9.17) is 20.4 Å². The average molecular weight is 296 g/mol. The van der Waals surface area contributed by atoms with Crippen molar-refractivity contribution in [3.8, 4) is 17.2 Å². The number of carbonyl (C=O) groups excluding carboxylic acids is 1. The minimum atomic E-state index is -0.380. The molecule has 20 heavy (non-hydrogen) atoms. The Morgan fingerprint density at radius 2 is 2.05 bits per heavy atom. The molecule has 106 valence electrons. The molecule has 0 aliphatic rings. The maximum Gasteiger partial charge on any atom is 0.319 e. The fourth-order valence-corrected chi connectivity index (χ4v) is 1.45. The van der Waals surface area contributed by atoms with Crippen molar-refractivity contribution in [2.24, 2.45) is 5.73 Å². The highest BCUT2D eigenvalue weighted by Crippen LogP contribution is 2.23. The predicted octanol–water partition coefficient (Wildman–Crippen LogP) is 2.36. The number of nitrogens with zero attached hydrogens (tertiary/aromatic N) is 1. The van der Waals surface area contributed by atoms with Crippen molar-refractivity contribution in [3.63, 3.8) is 0 Å². The first-order valence-electron chi connectivity index (χ1n) is 5.72. The lowest BCUT2D eigenvalue weighted by molar-refractivity contribution is -0.135. The molecule has 3 N–H and O–H groups in total. The fraction of sp³-hybridized carbons (Fsp3) is 0.154. The number of ether oxygens (including phenoxy) is 1. The number of nitrogens with two attached hydrogens (primary N) is 1. The third-order valence-electron chi connectivity index (χ3n) is 2.48. The van der Waals surface area contributed by atoms with E-state index in [9.17, 15) is 4.79 Å². The first-order chi connectivity index (χ1) is 9.10. The Kier molecular flexibility index (Phi) is 5.28. The number of nitrogens with one attached hydrogen (secondary N) is 1. The van der Waals surface area contributed by atoms with Gasteiger partial charge in [-0.15, -0.1) is 12.4 Å². The van der Waals surface area contributed by atoms with E-state index < -0.39 is 0 Å².